The van der Waals surface area contributed by atoms with Crippen molar-refractivity contribution in [2.24, 2.45) is 16.7 Å². The van der Waals surface area contributed by atoms with Gasteiger partial charge in [-0.1, -0.05) is 13.8 Å². The minimum absolute atomic E-state index is 0.0461. The van der Waals surface area contributed by atoms with E-state index >= 15 is 0 Å². The first-order valence-corrected chi connectivity index (χ1v) is 15.4. The first-order chi connectivity index (χ1) is 11.1. The molecule has 5 heteroatoms. The van der Waals surface area contributed by atoms with Gasteiger partial charge in [0.15, 0.2) is 0 Å². The fourth-order valence-electron chi connectivity index (χ4n) is 4.46. The van der Waals surface area contributed by atoms with Gasteiger partial charge < -0.3 is 4.55 Å². The van der Waals surface area contributed by atoms with E-state index in [-0.39, 0.29) is 16.6 Å². The summed E-state index contributed by atoms with van der Waals surface area (Å²) in [6, 6.07) is 10.9. The first-order valence-electron chi connectivity index (χ1n) is 8.72. The maximum atomic E-state index is 10.9. The van der Waals surface area contributed by atoms with Gasteiger partial charge >= 0.3 is 69.9 Å². The Balaban J connectivity index is 0.000000185. The van der Waals surface area contributed by atoms with Crippen molar-refractivity contribution in [2.75, 3.05) is 5.75 Å². The third-order valence-corrected chi connectivity index (χ3v) is 12.8. The topological polar surface area (TPSA) is 57.2 Å². The summed E-state index contributed by atoms with van der Waals surface area (Å²) in [6.07, 6.45) is 4.04. The van der Waals surface area contributed by atoms with Crippen molar-refractivity contribution >= 4 is 33.3 Å². The van der Waals surface area contributed by atoms with Crippen LogP contribution in [0.15, 0.2) is 30.3 Å². The molecule has 0 aromatic heterocycles. The van der Waals surface area contributed by atoms with Crippen molar-refractivity contribution in [1.29, 1.82) is 0 Å². The van der Waals surface area contributed by atoms with Crippen molar-refractivity contribution in [3.63, 3.8) is 0 Å². The van der Waals surface area contributed by atoms with Crippen LogP contribution in [0, 0.1) is 16.7 Å². The molecule has 1 aromatic carbocycles. The molecule has 0 aliphatic heterocycles. The van der Waals surface area contributed by atoms with Gasteiger partial charge in [-0.2, -0.15) is 0 Å². The van der Waals surface area contributed by atoms with Gasteiger partial charge in [0.25, 0.3) is 0 Å². The monoisotopic (exact) mass is 468 g/mol. The molecule has 0 unspecified atom stereocenters. The molecule has 2 saturated carbocycles. The Morgan fingerprint density at radius 3 is 2.08 bits per heavy atom. The van der Waals surface area contributed by atoms with E-state index in [0.717, 1.165) is 25.7 Å². The second kappa shape index (κ2) is 7.66. The number of hydrogen-bond acceptors (Lipinski definition) is 3. The molecule has 24 heavy (non-hydrogen) atoms. The fraction of sp³-hybridized carbons (Fsp3) is 0.684. The Labute approximate surface area is 154 Å². The van der Waals surface area contributed by atoms with E-state index in [0.29, 0.717) is 5.92 Å². The third-order valence-electron chi connectivity index (χ3n) is 6.36. The van der Waals surface area contributed by atoms with Crippen LogP contribution in [0.5, 0.6) is 0 Å². The average Bonchev–Trinajstić information content (AvgIpc) is 2.90. The normalized spacial score (nSPS) is 27.8. The summed E-state index contributed by atoms with van der Waals surface area (Å²) in [7, 11) is -4.07. The Morgan fingerprint density at radius 1 is 1.17 bits per heavy atom. The number of hydrogen-bond donors (Lipinski definition) is 0. The van der Waals surface area contributed by atoms with Crippen LogP contribution >= 0.6 is 0 Å². The Morgan fingerprint density at radius 2 is 1.71 bits per heavy atom. The van der Waals surface area contributed by atoms with Crippen LogP contribution in [0.4, 0.5) is 0 Å². The predicted octanol–water partition coefficient (Wildman–Crippen LogP) is 3.79. The molecule has 0 amide bonds. The first kappa shape index (κ1) is 20.2. The van der Waals surface area contributed by atoms with E-state index in [1.807, 2.05) is 0 Å². The van der Waals surface area contributed by atoms with Gasteiger partial charge in [-0.15, -0.1) is 0 Å². The molecular weight excluding hydrogens is 436 g/mol. The molecular formula is C19H30O3STe. The average molecular weight is 466 g/mol. The molecule has 2 aliphatic carbocycles. The van der Waals surface area contributed by atoms with Gasteiger partial charge in [-0.25, -0.2) is 8.42 Å². The summed E-state index contributed by atoms with van der Waals surface area (Å²) >= 11 is -0.819. The number of benzene rings is 1. The van der Waals surface area contributed by atoms with Gasteiger partial charge in [0.1, 0.15) is 0 Å². The maximum absolute atomic E-state index is 10.9. The minimum atomic E-state index is -4.07. The molecule has 0 atom stereocenters. The molecule has 2 aliphatic rings. The molecule has 3 rings (SSSR count). The molecule has 0 N–H and O–H groups in total. The zero-order chi connectivity index (χ0) is 18.0. The van der Waals surface area contributed by atoms with Crippen molar-refractivity contribution in [3.05, 3.63) is 30.3 Å². The van der Waals surface area contributed by atoms with Crippen molar-refractivity contribution < 1.29 is 13.0 Å². The van der Waals surface area contributed by atoms with E-state index in [1.165, 1.54) is 4.47 Å². The molecule has 136 valence electrons. The number of fused-ring (bicyclic) bond motifs is 2. The van der Waals surface area contributed by atoms with Crippen LogP contribution < -0.4 is 3.61 Å². The van der Waals surface area contributed by atoms with Crippen molar-refractivity contribution in [3.8, 4) is 0 Å². The Bertz CT molecular complexity index is 632. The SMILES string of the molecule is CC1(C)C2CCC1(CS(=O)(=O)[O-])CC2.CC[Te+](C)c1ccccc1. The molecule has 1 aromatic rings. The van der Waals surface area contributed by atoms with Gasteiger partial charge in [0.05, 0.1) is 10.1 Å². The van der Waals surface area contributed by atoms with Gasteiger partial charge in [0, 0.05) is 5.75 Å². The van der Waals surface area contributed by atoms with Gasteiger partial charge in [0.2, 0.25) is 0 Å². The molecule has 2 bridgehead atoms. The van der Waals surface area contributed by atoms with Gasteiger partial charge in [-0.05, 0) is 42.4 Å². The molecule has 3 nitrogen and oxygen atoms in total. The summed E-state index contributed by atoms with van der Waals surface area (Å²) in [5.41, 5.74) is -0.164. The van der Waals surface area contributed by atoms with Crippen LogP contribution in [0.1, 0.15) is 46.5 Å². The van der Waals surface area contributed by atoms with E-state index in [2.05, 4.69) is 56.1 Å². The van der Waals surface area contributed by atoms with E-state index in [4.69, 9.17) is 0 Å². The zero-order valence-corrected chi connectivity index (χ0v) is 18.4. The van der Waals surface area contributed by atoms with E-state index in [9.17, 15) is 13.0 Å². The number of rotatable bonds is 4. The van der Waals surface area contributed by atoms with Crippen molar-refractivity contribution in [1.82, 2.24) is 0 Å². The molecule has 0 heterocycles. The second-order valence-corrected chi connectivity index (χ2v) is 15.8. The van der Waals surface area contributed by atoms with Crippen LogP contribution in [0.2, 0.25) is 9.44 Å². The quantitative estimate of drug-likeness (QED) is 0.502. The summed E-state index contributed by atoms with van der Waals surface area (Å²) in [6.45, 7) is 6.55. The van der Waals surface area contributed by atoms with E-state index < -0.39 is 29.7 Å². The standard InChI is InChI=1S/C10H18O3S.C9H13Te/c1-9(2)8-3-5-10(9,6-4-8)7-14(11,12)13;1-3-10(2)9-7-5-4-6-8-9/h8H,3-7H2,1-2H3,(H,11,12,13);4-8H,3H2,1-2H3/q;+1/p-1. The molecule has 0 spiro atoms. The summed E-state index contributed by atoms with van der Waals surface area (Å²) in [5, 5.41) is 0. The zero-order valence-electron chi connectivity index (χ0n) is 15.2. The van der Waals surface area contributed by atoms with Crippen LogP contribution in [0.25, 0.3) is 0 Å². The van der Waals surface area contributed by atoms with Crippen LogP contribution in [-0.4, -0.2) is 38.3 Å². The van der Waals surface area contributed by atoms with E-state index in [1.54, 1.807) is 3.61 Å². The summed E-state index contributed by atoms with van der Waals surface area (Å²) < 4.78 is 35.7. The van der Waals surface area contributed by atoms with Crippen LogP contribution in [-0.2, 0) is 10.1 Å². The summed E-state index contributed by atoms with van der Waals surface area (Å²) in [5.74, 6) is 0.480. The predicted molar refractivity (Wildman–Crippen MR) is 101 cm³/mol. The fourth-order valence-corrected chi connectivity index (χ4v) is 8.52. The molecule has 2 fully saturated rings. The van der Waals surface area contributed by atoms with Gasteiger partial charge in [-0.3, -0.25) is 0 Å². The second-order valence-electron chi connectivity index (χ2n) is 7.72. The third kappa shape index (κ3) is 4.36. The molecule has 0 radical (unpaired) electrons. The van der Waals surface area contributed by atoms with Crippen LogP contribution in [0.3, 0.4) is 0 Å². The summed E-state index contributed by atoms with van der Waals surface area (Å²) in [4.78, 5) is 2.43. The Hall–Kier alpha value is -0.0804. The molecule has 0 saturated heterocycles. The van der Waals surface area contributed by atoms with Crippen molar-refractivity contribution in [2.45, 2.75) is 55.9 Å². The Kier molecular flexibility index (Phi) is 6.46.